The highest BCUT2D eigenvalue weighted by molar-refractivity contribution is 6.33. The number of hydrogen-bond donors (Lipinski definition) is 2. The number of aliphatic imine (C=N–C) groups is 1. The van der Waals surface area contributed by atoms with Gasteiger partial charge in [-0.1, -0.05) is 35.9 Å². The van der Waals surface area contributed by atoms with Gasteiger partial charge in [0.1, 0.15) is 11.5 Å². The molecule has 0 fully saturated rings. The lowest BCUT2D eigenvalue weighted by atomic mass is 10.0. The number of carbonyl (C=O) groups excluding carboxylic acids is 1. The number of benzene rings is 2. The Bertz CT molecular complexity index is 1170. The predicted molar refractivity (Wildman–Crippen MR) is 111 cm³/mol. The molecule has 154 valence electrons. The summed E-state index contributed by atoms with van der Waals surface area (Å²) in [7, 11) is 1.24. The SMILES string of the molecule is CN=C(C=C(N)C(F)(F)F)NC(=O)c1ccc2cc(-c3ccccc3Cl)cnc2c1. The molecule has 1 heterocycles. The van der Waals surface area contributed by atoms with Gasteiger partial charge in [0.05, 0.1) is 5.52 Å². The maximum atomic E-state index is 12.6. The largest absolute Gasteiger partial charge is 0.430 e. The highest BCUT2D eigenvalue weighted by atomic mass is 35.5. The molecule has 0 bridgehead atoms. The van der Waals surface area contributed by atoms with E-state index in [-0.39, 0.29) is 11.4 Å². The second-order valence-corrected chi connectivity index (χ2v) is 6.68. The first-order valence-corrected chi connectivity index (χ1v) is 9.04. The molecule has 5 nitrogen and oxygen atoms in total. The van der Waals surface area contributed by atoms with Crippen molar-refractivity contribution in [2.75, 3.05) is 7.05 Å². The van der Waals surface area contributed by atoms with Crippen LogP contribution in [-0.4, -0.2) is 30.0 Å². The molecule has 3 aromatic rings. The van der Waals surface area contributed by atoms with E-state index in [9.17, 15) is 18.0 Å². The zero-order chi connectivity index (χ0) is 21.9. The van der Waals surface area contributed by atoms with Crippen molar-refractivity contribution in [3.05, 3.63) is 77.1 Å². The first-order valence-electron chi connectivity index (χ1n) is 8.66. The second-order valence-electron chi connectivity index (χ2n) is 6.27. The van der Waals surface area contributed by atoms with E-state index in [2.05, 4.69) is 15.3 Å². The Morgan fingerprint density at radius 3 is 2.60 bits per heavy atom. The Morgan fingerprint density at radius 1 is 1.20 bits per heavy atom. The molecule has 0 aliphatic heterocycles. The third-order valence-corrected chi connectivity index (χ3v) is 4.56. The van der Waals surface area contributed by atoms with Gasteiger partial charge in [0.15, 0.2) is 0 Å². The van der Waals surface area contributed by atoms with Crippen LogP contribution < -0.4 is 11.1 Å². The van der Waals surface area contributed by atoms with Crippen LogP contribution in [0.1, 0.15) is 10.4 Å². The van der Waals surface area contributed by atoms with Gasteiger partial charge in [-0.2, -0.15) is 13.2 Å². The summed E-state index contributed by atoms with van der Waals surface area (Å²) in [6, 6.07) is 14.0. The van der Waals surface area contributed by atoms with Crippen molar-refractivity contribution in [2.45, 2.75) is 6.18 Å². The quantitative estimate of drug-likeness (QED) is 0.464. The first-order chi connectivity index (χ1) is 14.2. The third kappa shape index (κ3) is 4.77. The summed E-state index contributed by atoms with van der Waals surface area (Å²) < 4.78 is 37.8. The molecule has 1 amide bonds. The molecule has 0 aliphatic rings. The van der Waals surface area contributed by atoms with Gasteiger partial charge < -0.3 is 11.1 Å². The van der Waals surface area contributed by atoms with E-state index >= 15 is 0 Å². The average molecular weight is 433 g/mol. The molecule has 0 unspecified atom stereocenters. The normalized spacial score (nSPS) is 12.8. The number of amides is 1. The van der Waals surface area contributed by atoms with Crippen molar-refractivity contribution in [3.8, 4) is 11.1 Å². The maximum Gasteiger partial charge on any atom is 0.430 e. The van der Waals surface area contributed by atoms with E-state index in [0.29, 0.717) is 16.6 Å². The number of carbonyl (C=O) groups is 1. The number of rotatable bonds is 3. The van der Waals surface area contributed by atoms with E-state index in [4.69, 9.17) is 17.3 Å². The molecular weight excluding hydrogens is 417 g/mol. The summed E-state index contributed by atoms with van der Waals surface area (Å²) >= 11 is 6.23. The van der Waals surface area contributed by atoms with Gasteiger partial charge in [-0.25, -0.2) is 0 Å². The van der Waals surface area contributed by atoms with Crippen LogP contribution in [0.15, 0.2) is 71.5 Å². The summed E-state index contributed by atoms with van der Waals surface area (Å²) in [6.45, 7) is 0. The zero-order valence-corrected chi connectivity index (χ0v) is 16.4. The van der Waals surface area contributed by atoms with Gasteiger partial charge in [-0.3, -0.25) is 14.8 Å². The second kappa shape index (κ2) is 8.54. The molecule has 0 saturated carbocycles. The topological polar surface area (TPSA) is 80.4 Å². The van der Waals surface area contributed by atoms with Crippen LogP contribution in [0.3, 0.4) is 0 Å². The van der Waals surface area contributed by atoms with Crippen molar-refractivity contribution in [1.82, 2.24) is 10.3 Å². The number of alkyl halides is 3. The molecule has 0 atom stereocenters. The lowest BCUT2D eigenvalue weighted by Crippen LogP contribution is -2.31. The fraction of sp³-hybridized carbons (Fsp3) is 0.0952. The number of halogens is 4. The first kappa shape index (κ1) is 21.3. The number of aromatic nitrogens is 1. The van der Waals surface area contributed by atoms with Crippen LogP contribution >= 0.6 is 11.6 Å². The summed E-state index contributed by atoms with van der Waals surface area (Å²) in [4.78, 5) is 20.4. The monoisotopic (exact) mass is 432 g/mol. The molecule has 0 spiro atoms. The smallest absolute Gasteiger partial charge is 0.395 e. The van der Waals surface area contributed by atoms with Crippen molar-refractivity contribution in [3.63, 3.8) is 0 Å². The Kier molecular flexibility index (Phi) is 6.07. The standard InChI is InChI=1S/C21H16ClF3N4O/c1-27-19(10-18(26)21(23,24)25)29-20(30)13-7-6-12-8-14(11-28-17(12)9-13)15-4-2-3-5-16(15)22/h2-11H,26H2,1H3,(H,27,29,30). The van der Waals surface area contributed by atoms with E-state index in [0.717, 1.165) is 16.5 Å². The van der Waals surface area contributed by atoms with E-state index in [1.54, 1.807) is 24.4 Å². The summed E-state index contributed by atoms with van der Waals surface area (Å²) in [5, 5.41) is 3.67. The average Bonchev–Trinajstić information content (AvgIpc) is 2.72. The number of hydrogen-bond acceptors (Lipinski definition) is 4. The maximum absolute atomic E-state index is 12.6. The van der Waals surface area contributed by atoms with E-state index in [1.807, 2.05) is 24.3 Å². The van der Waals surface area contributed by atoms with Crippen molar-refractivity contribution in [2.24, 2.45) is 10.7 Å². The molecule has 0 saturated heterocycles. The Labute approximate surface area is 175 Å². The lowest BCUT2D eigenvalue weighted by Gasteiger charge is -2.10. The minimum Gasteiger partial charge on any atom is -0.395 e. The number of nitrogens with one attached hydrogen (secondary N) is 1. The van der Waals surface area contributed by atoms with E-state index in [1.165, 1.54) is 13.1 Å². The van der Waals surface area contributed by atoms with E-state index < -0.39 is 17.8 Å². The molecule has 9 heteroatoms. The highest BCUT2D eigenvalue weighted by Gasteiger charge is 2.31. The van der Waals surface area contributed by atoms with Crippen LogP contribution in [0, 0.1) is 0 Å². The molecule has 1 aromatic heterocycles. The van der Waals surface area contributed by atoms with Crippen LogP contribution in [0.5, 0.6) is 0 Å². The Morgan fingerprint density at radius 2 is 1.93 bits per heavy atom. The van der Waals surface area contributed by atoms with Crippen LogP contribution in [-0.2, 0) is 0 Å². The number of allylic oxidation sites excluding steroid dienone is 1. The summed E-state index contributed by atoms with van der Waals surface area (Å²) in [5.74, 6) is -0.947. The molecule has 2 aromatic carbocycles. The minimum atomic E-state index is -4.72. The molecule has 3 rings (SSSR count). The van der Waals surface area contributed by atoms with Crippen molar-refractivity contribution in [1.29, 1.82) is 0 Å². The van der Waals surface area contributed by atoms with Crippen molar-refractivity contribution >= 4 is 34.2 Å². The Hall–Kier alpha value is -3.39. The van der Waals surface area contributed by atoms with Gasteiger partial charge in [-0.15, -0.1) is 0 Å². The van der Waals surface area contributed by atoms with Gasteiger partial charge in [0, 0.05) is 46.4 Å². The van der Waals surface area contributed by atoms with Gasteiger partial charge >= 0.3 is 6.18 Å². The van der Waals surface area contributed by atoms with Crippen LogP contribution in [0.4, 0.5) is 13.2 Å². The molecule has 0 radical (unpaired) electrons. The summed E-state index contributed by atoms with van der Waals surface area (Å²) in [6.07, 6.45) is -2.52. The zero-order valence-electron chi connectivity index (χ0n) is 15.7. The number of nitrogens with zero attached hydrogens (tertiary/aromatic N) is 2. The number of pyridine rings is 1. The number of nitrogens with two attached hydrogens (primary N) is 1. The fourth-order valence-corrected chi connectivity index (χ4v) is 2.92. The number of amidine groups is 1. The minimum absolute atomic E-state index is 0.209. The van der Waals surface area contributed by atoms with Crippen LogP contribution in [0.2, 0.25) is 5.02 Å². The van der Waals surface area contributed by atoms with Crippen LogP contribution in [0.25, 0.3) is 22.0 Å². The lowest BCUT2D eigenvalue weighted by molar-refractivity contribution is -0.0925. The number of fused-ring (bicyclic) bond motifs is 1. The van der Waals surface area contributed by atoms with Gasteiger partial charge in [0.25, 0.3) is 5.91 Å². The molecule has 3 N–H and O–H groups in total. The predicted octanol–water partition coefficient (Wildman–Crippen LogP) is 4.72. The molecule has 0 aliphatic carbocycles. The Balaban J connectivity index is 1.86. The van der Waals surface area contributed by atoms with Gasteiger partial charge in [-0.05, 0) is 24.3 Å². The molecular formula is C21H16ClF3N4O. The fourth-order valence-electron chi connectivity index (χ4n) is 2.68. The van der Waals surface area contributed by atoms with Crippen molar-refractivity contribution < 1.29 is 18.0 Å². The summed E-state index contributed by atoms with van der Waals surface area (Å²) in [5.41, 5.74) is 6.00. The molecule has 30 heavy (non-hydrogen) atoms. The third-order valence-electron chi connectivity index (χ3n) is 4.23. The van der Waals surface area contributed by atoms with Gasteiger partial charge in [0.2, 0.25) is 0 Å². The highest BCUT2D eigenvalue weighted by Crippen LogP contribution is 2.29.